The number of hydrogen-bond donors (Lipinski definition) is 1. The molecule has 0 heterocycles. The lowest BCUT2D eigenvalue weighted by atomic mass is 9.43. The van der Waals surface area contributed by atoms with Gasteiger partial charge in [0.2, 0.25) is 0 Å². The van der Waals surface area contributed by atoms with Gasteiger partial charge in [-0.15, -0.1) is 0 Å². The fourth-order valence-corrected chi connectivity index (χ4v) is 11.8. The molecular formula is C32H54O. The summed E-state index contributed by atoms with van der Waals surface area (Å²) in [4.78, 5) is 0. The van der Waals surface area contributed by atoms with E-state index in [1.807, 2.05) is 0 Å². The number of aliphatic hydroxyl groups is 1. The summed E-state index contributed by atoms with van der Waals surface area (Å²) < 4.78 is 0. The van der Waals surface area contributed by atoms with E-state index in [0.717, 1.165) is 30.1 Å². The van der Waals surface area contributed by atoms with Crippen LogP contribution in [0.2, 0.25) is 0 Å². The minimum atomic E-state index is -0.0372. The molecule has 5 aliphatic carbocycles. The average molecular weight is 455 g/mol. The maximum Gasteiger partial charge on any atom is 0.0568 e. The molecule has 0 radical (unpaired) electrons. The first-order valence-corrected chi connectivity index (χ1v) is 14.8. The van der Waals surface area contributed by atoms with E-state index in [-0.39, 0.29) is 6.10 Å². The second-order valence-corrected chi connectivity index (χ2v) is 14.9. The molecule has 1 nitrogen and oxygen atoms in total. The third-order valence-electron chi connectivity index (χ3n) is 13.8. The van der Waals surface area contributed by atoms with Gasteiger partial charge in [-0.25, -0.2) is 0 Å². The van der Waals surface area contributed by atoms with Crippen LogP contribution in [0.1, 0.15) is 119 Å². The van der Waals surface area contributed by atoms with Crippen LogP contribution in [0, 0.1) is 63.1 Å². The fraction of sp³-hybridized carbons (Fsp3) is 0.938. The molecule has 188 valence electrons. The van der Waals surface area contributed by atoms with Crippen LogP contribution in [0.25, 0.3) is 0 Å². The molecule has 2 spiro atoms. The highest BCUT2D eigenvalue weighted by Crippen LogP contribution is 2.88. The van der Waals surface area contributed by atoms with Crippen LogP contribution in [-0.2, 0) is 0 Å². The first-order valence-electron chi connectivity index (χ1n) is 14.8. The van der Waals surface area contributed by atoms with Gasteiger partial charge in [-0.1, -0.05) is 53.7 Å². The summed E-state index contributed by atoms with van der Waals surface area (Å²) in [6.07, 6.45) is 15.3. The lowest BCUT2D eigenvalue weighted by Gasteiger charge is -2.62. The molecule has 5 fully saturated rings. The molecule has 1 heteroatoms. The number of aliphatic hydroxyl groups excluding tert-OH is 1. The Morgan fingerprint density at radius 1 is 0.909 bits per heavy atom. The van der Waals surface area contributed by atoms with Crippen LogP contribution in [0.15, 0.2) is 12.2 Å². The minimum absolute atomic E-state index is 0.0372. The summed E-state index contributed by atoms with van der Waals surface area (Å²) >= 11 is 0. The van der Waals surface area contributed by atoms with E-state index in [9.17, 15) is 5.11 Å². The van der Waals surface area contributed by atoms with Crippen molar-refractivity contribution in [2.75, 3.05) is 0 Å². The Kier molecular flexibility index (Phi) is 5.80. The van der Waals surface area contributed by atoms with Crippen molar-refractivity contribution in [3.05, 3.63) is 12.2 Å². The molecular weight excluding hydrogens is 400 g/mol. The van der Waals surface area contributed by atoms with E-state index in [4.69, 9.17) is 0 Å². The van der Waals surface area contributed by atoms with Crippen molar-refractivity contribution in [1.82, 2.24) is 0 Å². The largest absolute Gasteiger partial charge is 0.393 e. The smallest absolute Gasteiger partial charge is 0.0568 e. The molecule has 5 aliphatic rings. The highest BCUT2D eigenvalue weighted by atomic mass is 16.3. The van der Waals surface area contributed by atoms with E-state index in [0.29, 0.717) is 39.4 Å². The number of hydrogen-bond acceptors (Lipinski definition) is 1. The fourth-order valence-electron chi connectivity index (χ4n) is 11.8. The van der Waals surface area contributed by atoms with E-state index in [2.05, 4.69) is 55.0 Å². The van der Waals surface area contributed by atoms with Crippen LogP contribution >= 0.6 is 0 Å². The Bertz CT molecular complexity index is 783. The van der Waals surface area contributed by atoms with Gasteiger partial charge in [0, 0.05) is 0 Å². The van der Waals surface area contributed by atoms with Gasteiger partial charge in [0.25, 0.3) is 0 Å². The minimum Gasteiger partial charge on any atom is -0.393 e. The van der Waals surface area contributed by atoms with Crippen LogP contribution < -0.4 is 0 Å². The molecule has 33 heavy (non-hydrogen) atoms. The number of allylic oxidation sites excluding steroid dienone is 1. The molecule has 0 aromatic heterocycles. The van der Waals surface area contributed by atoms with Gasteiger partial charge >= 0.3 is 0 Å². The van der Waals surface area contributed by atoms with Gasteiger partial charge in [-0.2, -0.15) is 0 Å². The van der Waals surface area contributed by atoms with Gasteiger partial charge in [0.15, 0.2) is 0 Å². The van der Waals surface area contributed by atoms with Crippen molar-refractivity contribution in [2.45, 2.75) is 125 Å². The monoisotopic (exact) mass is 454 g/mol. The van der Waals surface area contributed by atoms with Crippen molar-refractivity contribution < 1.29 is 5.11 Å². The molecule has 5 rings (SSSR count). The van der Waals surface area contributed by atoms with Crippen LogP contribution in [0.4, 0.5) is 0 Å². The van der Waals surface area contributed by atoms with Crippen molar-refractivity contribution in [2.24, 2.45) is 63.1 Å². The lowest BCUT2D eigenvalue weighted by molar-refractivity contribution is -0.143. The highest BCUT2D eigenvalue weighted by Gasteiger charge is 2.81. The van der Waals surface area contributed by atoms with Gasteiger partial charge in [-0.3, -0.25) is 0 Å². The molecule has 0 aromatic carbocycles. The van der Waals surface area contributed by atoms with Gasteiger partial charge in [0.1, 0.15) is 0 Å². The summed E-state index contributed by atoms with van der Waals surface area (Å²) in [6.45, 7) is 21.8. The zero-order chi connectivity index (χ0) is 24.0. The second-order valence-electron chi connectivity index (χ2n) is 14.9. The maximum atomic E-state index is 10.6. The van der Waals surface area contributed by atoms with E-state index in [1.165, 1.54) is 69.8 Å². The molecule has 0 aromatic rings. The van der Waals surface area contributed by atoms with Crippen LogP contribution in [0.5, 0.6) is 0 Å². The predicted molar refractivity (Wildman–Crippen MR) is 140 cm³/mol. The van der Waals surface area contributed by atoms with Gasteiger partial charge < -0.3 is 5.11 Å². The van der Waals surface area contributed by atoms with E-state index >= 15 is 0 Å². The molecule has 0 saturated heterocycles. The molecule has 3 unspecified atom stereocenters. The van der Waals surface area contributed by atoms with Gasteiger partial charge in [0.05, 0.1) is 6.10 Å². The van der Waals surface area contributed by atoms with Crippen molar-refractivity contribution in [3.63, 3.8) is 0 Å². The SMILES string of the molecule is C=C(C)C(CC[C@@H](C)[C@H]1CC[C@@]2(C)C3CCC4[C@H](C)[C@@H](O)CC[C@@]45C[C@@]35CC[C@]12C)C(C)C. The molecule has 0 amide bonds. The van der Waals surface area contributed by atoms with Gasteiger partial charge in [-0.05, 0) is 141 Å². The average Bonchev–Trinajstić information content (AvgIpc) is 3.33. The Morgan fingerprint density at radius 2 is 1.64 bits per heavy atom. The quantitative estimate of drug-likeness (QED) is 0.398. The van der Waals surface area contributed by atoms with Crippen molar-refractivity contribution >= 4 is 0 Å². The Labute approximate surface area is 205 Å². The summed E-state index contributed by atoms with van der Waals surface area (Å²) in [6, 6.07) is 0. The normalized spacial score (nSPS) is 52.3. The second kappa shape index (κ2) is 7.85. The zero-order valence-corrected chi connectivity index (χ0v) is 23.1. The number of rotatable bonds is 6. The summed E-state index contributed by atoms with van der Waals surface area (Å²) in [5.74, 6) is 5.41. The summed E-state index contributed by atoms with van der Waals surface area (Å²) in [5, 5.41) is 10.6. The van der Waals surface area contributed by atoms with E-state index in [1.54, 1.807) is 0 Å². The standard InChI is InChI=1S/C32H54O/c1-20(2)24(21(3)4)10-9-22(5)25-13-15-30(8)28-12-11-26-23(6)27(33)14-16-31(26)19-32(28,31)18-17-29(25,30)7/h21-28,33H,1,9-19H2,2-8H3/t22-,23+,24?,25-,26?,27+,28?,29-,30+,31-,32+/m1/s1. The molecule has 1 N–H and O–H groups in total. The third kappa shape index (κ3) is 3.12. The van der Waals surface area contributed by atoms with Crippen molar-refractivity contribution in [1.29, 1.82) is 0 Å². The Morgan fingerprint density at radius 3 is 2.30 bits per heavy atom. The lowest BCUT2D eigenvalue weighted by Crippen LogP contribution is -2.55. The third-order valence-corrected chi connectivity index (χ3v) is 13.8. The molecule has 11 atom stereocenters. The predicted octanol–water partition coefficient (Wildman–Crippen LogP) is 8.66. The molecule has 5 saturated carbocycles. The topological polar surface area (TPSA) is 20.2 Å². The highest BCUT2D eigenvalue weighted by molar-refractivity contribution is 5.29. The summed E-state index contributed by atoms with van der Waals surface area (Å²) in [5.41, 5.74) is 3.69. The maximum absolute atomic E-state index is 10.6. The molecule has 0 aliphatic heterocycles. The Hall–Kier alpha value is -0.300. The van der Waals surface area contributed by atoms with E-state index < -0.39 is 0 Å². The Balaban J connectivity index is 1.35. The first-order chi connectivity index (χ1) is 15.4. The van der Waals surface area contributed by atoms with Crippen LogP contribution in [0.3, 0.4) is 0 Å². The van der Waals surface area contributed by atoms with Crippen LogP contribution in [-0.4, -0.2) is 11.2 Å². The first kappa shape index (κ1) is 24.4. The zero-order valence-electron chi connectivity index (χ0n) is 23.1. The summed E-state index contributed by atoms with van der Waals surface area (Å²) in [7, 11) is 0. The molecule has 0 bridgehead atoms. The van der Waals surface area contributed by atoms with Crippen molar-refractivity contribution in [3.8, 4) is 0 Å². The number of fused-ring (bicyclic) bond motifs is 2.